The minimum absolute atomic E-state index is 0.571. The summed E-state index contributed by atoms with van der Waals surface area (Å²) < 4.78 is 5.14. The maximum absolute atomic E-state index is 9.06. The average molecular weight is 273 g/mol. The molecule has 0 saturated carbocycles. The fourth-order valence-electron chi connectivity index (χ4n) is 1.90. The summed E-state index contributed by atoms with van der Waals surface area (Å²) in [6.07, 6.45) is 0. The molecule has 0 bridgehead atoms. The second kappa shape index (κ2) is 6.32. The zero-order chi connectivity index (χ0) is 13.7. The van der Waals surface area contributed by atoms with Crippen LogP contribution in [0.15, 0.2) is 29.1 Å². The van der Waals surface area contributed by atoms with Crippen molar-refractivity contribution in [1.29, 1.82) is 5.26 Å². The van der Waals surface area contributed by atoms with E-state index < -0.39 is 0 Å². The molecular weight excluding hydrogens is 258 g/mol. The SMILES string of the molecule is COc1ccc(CN(C)Cc2cscn2)cc1C#N. The fraction of sp³-hybridized carbons (Fsp3) is 0.286. The molecule has 4 nitrogen and oxygen atoms in total. The average Bonchev–Trinajstić information content (AvgIpc) is 2.91. The van der Waals surface area contributed by atoms with Gasteiger partial charge in [0.05, 0.1) is 23.9 Å². The highest BCUT2D eigenvalue weighted by Crippen LogP contribution is 2.19. The molecule has 0 fully saturated rings. The lowest BCUT2D eigenvalue weighted by atomic mass is 10.1. The van der Waals surface area contributed by atoms with Gasteiger partial charge in [0.1, 0.15) is 11.8 Å². The normalized spacial score (nSPS) is 10.4. The lowest BCUT2D eigenvalue weighted by Gasteiger charge is -2.16. The summed E-state index contributed by atoms with van der Waals surface area (Å²) in [5.41, 5.74) is 4.57. The van der Waals surface area contributed by atoms with Crippen LogP contribution < -0.4 is 4.74 Å². The van der Waals surface area contributed by atoms with Gasteiger partial charge in [0.25, 0.3) is 0 Å². The van der Waals surface area contributed by atoms with E-state index in [9.17, 15) is 0 Å². The molecule has 0 aliphatic heterocycles. The first-order valence-corrected chi connectivity index (χ1v) is 6.80. The molecule has 2 rings (SSSR count). The van der Waals surface area contributed by atoms with Gasteiger partial charge in [-0.15, -0.1) is 11.3 Å². The molecule has 0 radical (unpaired) electrons. The first-order valence-electron chi connectivity index (χ1n) is 5.85. The van der Waals surface area contributed by atoms with Gasteiger partial charge in [0, 0.05) is 18.5 Å². The van der Waals surface area contributed by atoms with Crippen LogP contribution in [0.5, 0.6) is 5.75 Å². The highest BCUT2D eigenvalue weighted by atomic mass is 32.1. The third kappa shape index (κ3) is 3.53. The van der Waals surface area contributed by atoms with Crippen molar-refractivity contribution < 1.29 is 4.74 Å². The predicted octanol–water partition coefficient (Wildman–Crippen LogP) is 2.66. The standard InChI is InChI=1S/C14H15N3OS/c1-17(8-13-9-19-10-16-13)7-11-3-4-14(18-2)12(5-11)6-15/h3-5,9-10H,7-8H2,1-2H3. The smallest absolute Gasteiger partial charge is 0.136 e. The van der Waals surface area contributed by atoms with Crippen molar-refractivity contribution in [1.82, 2.24) is 9.88 Å². The Bertz CT molecular complexity index is 575. The monoisotopic (exact) mass is 273 g/mol. The molecule has 0 unspecified atom stereocenters. The predicted molar refractivity (Wildman–Crippen MR) is 75.0 cm³/mol. The highest BCUT2D eigenvalue weighted by molar-refractivity contribution is 7.07. The summed E-state index contributed by atoms with van der Waals surface area (Å²) in [6.45, 7) is 1.58. The number of ether oxygens (including phenoxy) is 1. The van der Waals surface area contributed by atoms with Crippen molar-refractivity contribution in [3.05, 3.63) is 45.9 Å². The lowest BCUT2D eigenvalue weighted by molar-refractivity contribution is 0.315. The van der Waals surface area contributed by atoms with Crippen molar-refractivity contribution in [2.75, 3.05) is 14.2 Å². The Hall–Kier alpha value is -1.90. The summed E-state index contributed by atoms with van der Waals surface area (Å²) in [7, 11) is 3.61. The largest absolute Gasteiger partial charge is 0.495 e. The maximum Gasteiger partial charge on any atom is 0.136 e. The number of aromatic nitrogens is 1. The van der Waals surface area contributed by atoms with Crippen molar-refractivity contribution >= 4 is 11.3 Å². The summed E-state index contributed by atoms with van der Waals surface area (Å²) in [5, 5.41) is 11.1. The minimum atomic E-state index is 0.571. The first-order chi connectivity index (χ1) is 9.22. The molecule has 0 atom stereocenters. The van der Waals surface area contributed by atoms with Crippen LogP contribution in [0.4, 0.5) is 0 Å². The van der Waals surface area contributed by atoms with Gasteiger partial charge in [0.2, 0.25) is 0 Å². The molecule has 0 amide bonds. The Balaban J connectivity index is 2.05. The molecule has 0 spiro atoms. The number of thiazole rings is 1. The van der Waals surface area contributed by atoms with Crippen LogP contribution >= 0.6 is 11.3 Å². The number of benzene rings is 1. The molecule has 1 aromatic carbocycles. The summed E-state index contributed by atoms with van der Waals surface area (Å²) in [5.74, 6) is 0.619. The van der Waals surface area contributed by atoms with Gasteiger partial charge in [-0.3, -0.25) is 4.90 Å². The van der Waals surface area contributed by atoms with Crippen LogP contribution in [0.3, 0.4) is 0 Å². The number of nitrogens with zero attached hydrogens (tertiary/aromatic N) is 3. The van der Waals surface area contributed by atoms with Crippen LogP contribution in [0, 0.1) is 11.3 Å². The van der Waals surface area contributed by atoms with Crippen molar-refractivity contribution in [2.45, 2.75) is 13.1 Å². The van der Waals surface area contributed by atoms with Gasteiger partial charge < -0.3 is 4.74 Å². The van der Waals surface area contributed by atoms with E-state index in [0.29, 0.717) is 11.3 Å². The third-order valence-corrected chi connectivity index (χ3v) is 3.39. The second-order valence-corrected chi connectivity index (χ2v) is 5.02. The van der Waals surface area contributed by atoms with Crippen LogP contribution in [-0.2, 0) is 13.1 Å². The molecule has 98 valence electrons. The van der Waals surface area contributed by atoms with E-state index in [2.05, 4.69) is 16.0 Å². The van der Waals surface area contributed by atoms with Gasteiger partial charge in [-0.25, -0.2) is 4.98 Å². The van der Waals surface area contributed by atoms with Crippen LogP contribution in [0.25, 0.3) is 0 Å². The van der Waals surface area contributed by atoms with Gasteiger partial charge in [-0.2, -0.15) is 5.26 Å². The Kier molecular flexibility index (Phi) is 4.50. The fourth-order valence-corrected chi connectivity index (χ4v) is 2.45. The Morgan fingerprint density at radius 1 is 1.42 bits per heavy atom. The van der Waals surface area contributed by atoms with Crippen LogP contribution in [-0.4, -0.2) is 24.0 Å². The molecule has 0 saturated heterocycles. The molecule has 1 heterocycles. The molecular formula is C14H15N3OS. The van der Waals surface area contributed by atoms with Crippen molar-refractivity contribution in [3.8, 4) is 11.8 Å². The van der Waals surface area contributed by atoms with E-state index in [1.807, 2.05) is 36.1 Å². The second-order valence-electron chi connectivity index (χ2n) is 4.30. The number of rotatable bonds is 5. The van der Waals surface area contributed by atoms with Crippen LogP contribution in [0.1, 0.15) is 16.8 Å². The first kappa shape index (κ1) is 13.5. The molecule has 2 aromatic rings. The Morgan fingerprint density at radius 3 is 2.89 bits per heavy atom. The Labute approximate surface area is 116 Å². The quantitative estimate of drug-likeness (QED) is 0.840. The van der Waals surface area contributed by atoms with Crippen LogP contribution in [0.2, 0.25) is 0 Å². The van der Waals surface area contributed by atoms with Gasteiger partial charge in [-0.05, 0) is 24.7 Å². The molecule has 0 aliphatic rings. The summed E-state index contributed by atoms with van der Waals surface area (Å²) in [4.78, 5) is 6.43. The molecule has 5 heteroatoms. The summed E-state index contributed by atoms with van der Waals surface area (Å²) >= 11 is 1.60. The van der Waals surface area contributed by atoms with E-state index in [1.165, 1.54) is 0 Å². The summed E-state index contributed by atoms with van der Waals surface area (Å²) in [6, 6.07) is 7.84. The van der Waals surface area contributed by atoms with Gasteiger partial charge >= 0.3 is 0 Å². The maximum atomic E-state index is 9.06. The zero-order valence-electron chi connectivity index (χ0n) is 11.0. The molecule has 0 aliphatic carbocycles. The van der Waals surface area contributed by atoms with E-state index in [1.54, 1.807) is 18.4 Å². The third-order valence-electron chi connectivity index (χ3n) is 2.75. The number of hydrogen-bond acceptors (Lipinski definition) is 5. The number of nitriles is 1. The van der Waals surface area contributed by atoms with Crippen molar-refractivity contribution in [2.24, 2.45) is 0 Å². The van der Waals surface area contributed by atoms with E-state index in [-0.39, 0.29) is 0 Å². The van der Waals surface area contributed by atoms with Gasteiger partial charge in [-0.1, -0.05) is 6.07 Å². The number of hydrogen-bond donors (Lipinski definition) is 0. The van der Waals surface area contributed by atoms with E-state index in [4.69, 9.17) is 10.00 Å². The van der Waals surface area contributed by atoms with E-state index >= 15 is 0 Å². The Morgan fingerprint density at radius 2 is 2.26 bits per heavy atom. The highest BCUT2D eigenvalue weighted by Gasteiger charge is 2.07. The molecule has 0 N–H and O–H groups in total. The molecule has 19 heavy (non-hydrogen) atoms. The topological polar surface area (TPSA) is 49.1 Å². The van der Waals surface area contributed by atoms with E-state index in [0.717, 1.165) is 24.3 Å². The van der Waals surface area contributed by atoms with Gasteiger partial charge in [0.15, 0.2) is 0 Å². The van der Waals surface area contributed by atoms with Crippen molar-refractivity contribution in [3.63, 3.8) is 0 Å². The molecule has 1 aromatic heterocycles. The minimum Gasteiger partial charge on any atom is -0.495 e. The lowest BCUT2D eigenvalue weighted by Crippen LogP contribution is -2.17. The zero-order valence-corrected chi connectivity index (χ0v) is 11.8. The number of methoxy groups -OCH3 is 1.